The van der Waals surface area contributed by atoms with Crippen molar-refractivity contribution in [3.05, 3.63) is 64.9 Å². The number of guanidine groups is 1. The summed E-state index contributed by atoms with van der Waals surface area (Å²) in [5, 5.41) is 15.1. The van der Waals surface area contributed by atoms with E-state index in [4.69, 9.17) is 22.7 Å². The Hall–Kier alpha value is -2.54. The minimum atomic E-state index is 0. The number of benzene rings is 2. The van der Waals surface area contributed by atoms with Crippen LogP contribution in [0.5, 0.6) is 0 Å². The Balaban J connectivity index is 0.00000225. The van der Waals surface area contributed by atoms with Crippen LogP contribution in [0.1, 0.15) is 24.2 Å². The Kier molecular flexibility index (Phi) is 11.0. The molecule has 0 saturated carbocycles. The summed E-state index contributed by atoms with van der Waals surface area (Å²) in [5.41, 5.74) is 7.21. The van der Waals surface area contributed by atoms with Crippen molar-refractivity contribution in [2.24, 2.45) is 5.73 Å². The summed E-state index contributed by atoms with van der Waals surface area (Å²) in [6, 6.07) is 15.6. The van der Waals surface area contributed by atoms with Crippen LogP contribution in [-0.4, -0.2) is 29.0 Å². The summed E-state index contributed by atoms with van der Waals surface area (Å²) >= 11 is 5.93. The Morgan fingerprint density at radius 1 is 0.967 bits per heavy atom. The zero-order valence-electron chi connectivity index (χ0n) is 16.3. The molecule has 1 heterocycles. The molecule has 9 heteroatoms. The quantitative estimate of drug-likeness (QED) is 0.213. The average Bonchev–Trinajstić information content (AvgIpc) is 2.70. The minimum absolute atomic E-state index is 0. The highest BCUT2D eigenvalue weighted by Crippen LogP contribution is 2.21. The molecular weight excluding hydrogens is 443 g/mol. The van der Waals surface area contributed by atoms with Crippen LogP contribution in [0.2, 0.25) is 5.02 Å². The molecule has 160 valence electrons. The molecule has 0 aliphatic rings. The van der Waals surface area contributed by atoms with Crippen molar-refractivity contribution < 1.29 is 0 Å². The van der Waals surface area contributed by atoms with E-state index >= 15 is 0 Å². The average molecular weight is 468 g/mol. The molecule has 0 bridgehead atoms. The largest absolute Gasteiger partial charge is 0.370 e. The maximum Gasteiger partial charge on any atom is 0.185 e. The molecule has 0 unspecified atom stereocenters. The standard InChI is InChI=1S/C21H23ClN6.2ClH/c22-16-10-7-15(8-11-16)9-12-19-27-18-6-2-1-5-17(18)20(28-19)25-13-3-4-14-26-21(23)24;;/h1-2,5-12H,3-4,13-14H2,(H4,23,24,26)(H,25,27,28);2*1H/b12-9+;;. The van der Waals surface area contributed by atoms with Crippen molar-refractivity contribution >= 4 is 71.2 Å². The first-order chi connectivity index (χ1) is 13.6. The molecule has 0 aliphatic carbocycles. The molecule has 3 rings (SSSR count). The van der Waals surface area contributed by atoms with Crippen LogP contribution in [0.15, 0.2) is 48.5 Å². The van der Waals surface area contributed by atoms with E-state index in [0.29, 0.717) is 17.4 Å². The SMILES string of the molecule is Cl.Cl.N=C(N)NCCCCNc1nc(/C=C/c2ccc(Cl)cc2)nc2ccccc12. The third kappa shape index (κ3) is 7.71. The molecule has 2 aromatic carbocycles. The van der Waals surface area contributed by atoms with Gasteiger partial charge in [0.05, 0.1) is 5.52 Å². The highest BCUT2D eigenvalue weighted by Gasteiger charge is 2.05. The molecule has 0 saturated heterocycles. The third-order valence-electron chi connectivity index (χ3n) is 4.13. The lowest BCUT2D eigenvalue weighted by atomic mass is 10.2. The lowest BCUT2D eigenvalue weighted by molar-refractivity contribution is 0.726. The van der Waals surface area contributed by atoms with Crippen molar-refractivity contribution in [1.29, 1.82) is 5.41 Å². The fourth-order valence-electron chi connectivity index (χ4n) is 2.73. The fourth-order valence-corrected chi connectivity index (χ4v) is 2.85. The van der Waals surface area contributed by atoms with Gasteiger partial charge in [0.25, 0.3) is 0 Å². The second kappa shape index (κ2) is 12.9. The summed E-state index contributed by atoms with van der Waals surface area (Å²) in [5.74, 6) is 1.47. The van der Waals surface area contributed by atoms with E-state index in [9.17, 15) is 0 Å². The van der Waals surface area contributed by atoms with Crippen LogP contribution in [0, 0.1) is 5.41 Å². The predicted octanol–water partition coefficient (Wildman–Crippen LogP) is 4.97. The summed E-state index contributed by atoms with van der Waals surface area (Å²) in [4.78, 5) is 9.31. The zero-order chi connectivity index (χ0) is 19.8. The molecule has 1 aromatic heterocycles. The van der Waals surface area contributed by atoms with Gasteiger partial charge < -0.3 is 16.4 Å². The van der Waals surface area contributed by atoms with Gasteiger partial charge in [0, 0.05) is 23.5 Å². The van der Waals surface area contributed by atoms with E-state index in [2.05, 4.69) is 20.6 Å². The van der Waals surface area contributed by atoms with Crippen LogP contribution in [0.25, 0.3) is 23.1 Å². The van der Waals surface area contributed by atoms with Gasteiger partial charge in [0.1, 0.15) is 5.82 Å². The van der Waals surface area contributed by atoms with Crippen molar-refractivity contribution in [1.82, 2.24) is 15.3 Å². The van der Waals surface area contributed by atoms with Crippen molar-refractivity contribution in [2.45, 2.75) is 12.8 Å². The van der Waals surface area contributed by atoms with Gasteiger partial charge in [0.2, 0.25) is 0 Å². The van der Waals surface area contributed by atoms with E-state index in [1.165, 1.54) is 0 Å². The van der Waals surface area contributed by atoms with Gasteiger partial charge in [-0.1, -0.05) is 41.9 Å². The number of aromatic nitrogens is 2. The van der Waals surface area contributed by atoms with E-state index in [-0.39, 0.29) is 30.8 Å². The fraction of sp³-hybridized carbons (Fsp3) is 0.190. The predicted molar refractivity (Wildman–Crippen MR) is 132 cm³/mol. The number of hydrogen-bond acceptors (Lipinski definition) is 4. The number of rotatable bonds is 8. The van der Waals surface area contributed by atoms with Crippen LogP contribution in [0.3, 0.4) is 0 Å². The molecule has 0 fully saturated rings. The third-order valence-corrected chi connectivity index (χ3v) is 4.38. The van der Waals surface area contributed by atoms with E-state index < -0.39 is 0 Å². The Labute approximate surface area is 193 Å². The van der Waals surface area contributed by atoms with Gasteiger partial charge in [-0.3, -0.25) is 5.41 Å². The second-order valence-corrected chi connectivity index (χ2v) is 6.74. The number of hydrogen-bond donors (Lipinski definition) is 4. The molecule has 0 spiro atoms. The highest BCUT2D eigenvalue weighted by atomic mass is 35.5. The van der Waals surface area contributed by atoms with Gasteiger partial charge in [0.15, 0.2) is 11.8 Å². The number of anilines is 1. The van der Waals surface area contributed by atoms with E-state index in [1.54, 1.807) is 0 Å². The molecule has 6 nitrogen and oxygen atoms in total. The van der Waals surface area contributed by atoms with Gasteiger partial charge in [-0.25, -0.2) is 9.97 Å². The first-order valence-electron chi connectivity index (χ1n) is 9.14. The lowest BCUT2D eigenvalue weighted by Gasteiger charge is -2.10. The number of fused-ring (bicyclic) bond motifs is 1. The normalized spacial score (nSPS) is 10.3. The number of nitrogens with zero attached hydrogens (tertiary/aromatic N) is 2. The van der Waals surface area contributed by atoms with Crippen LogP contribution in [-0.2, 0) is 0 Å². The minimum Gasteiger partial charge on any atom is -0.370 e. The van der Waals surface area contributed by atoms with Crippen molar-refractivity contribution in [3.8, 4) is 0 Å². The number of nitrogens with two attached hydrogens (primary N) is 1. The molecule has 0 aliphatic heterocycles. The number of nitrogens with one attached hydrogen (secondary N) is 3. The van der Waals surface area contributed by atoms with Crippen molar-refractivity contribution in [3.63, 3.8) is 0 Å². The zero-order valence-corrected chi connectivity index (χ0v) is 18.7. The van der Waals surface area contributed by atoms with Gasteiger partial charge in [-0.05, 0) is 48.7 Å². The van der Waals surface area contributed by atoms with Crippen LogP contribution in [0.4, 0.5) is 5.82 Å². The molecule has 0 radical (unpaired) electrons. The smallest absolute Gasteiger partial charge is 0.185 e. The van der Waals surface area contributed by atoms with Crippen molar-refractivity contribution in [2.75, 3.05) is 18.4 Å². The second-order valence-electron chi connectivity index (χ2n) is 6.31. The molecule has 3 aromatic rings. The molecular formula is C21H25Cl3N6. The molecule has 30 heavy (non-hydrogen) atoms. The van der Waals surface area contributed by atoms with E-state index in [1.807, 2.05) is 60.7 Å². The van der Waals surface area contributed by atoms with E-state index in [0.717, 1.165) is 41.7 Å². The van der Waals surface area contributed by atoms with Gasteiger partial charge in [-0.15, -0.1) is 24.8 Å². The summed E-state index contributed by atoms with van der Waals surface area (Å²) in [6.07, 6.45) is 5.72. The molecule has 5 N–H and O–H groups in total. The lowest BCUT2D eigenvalue weighted by Crippen LogP contribution is -2.31. The first kappa shape index (κ1) is 25.5. The maximum absolute atomic E-state index is 7.16. The first-order valence-corrected chi connectivity index (χ1v) is 9.52. The Morgan fingerprint density at radius 2 is 1.67 bits per heavy atom. The number of halogens is 3. The Morgan fingerprint density at radius 3 is 2.40 bits per heavy atom. The highest BCUT2D eigenvalue weighted by molar-refractivity contribution is 6.30. The topological polar surface area (TPSA) is 99.7 Å². The number of para-hydroxylation sites is 1. The summed E-state index contributed by atoms with van der Waals surface area (Å²) < 4.78 is 0. The Bertz CT molecular complexity index is 976. The van der Waals surface area contributed by atoms with Crippen LogP contribution < -0.4 is 16.4 Å². The monoisotopic (exact) mass is 466 g/mol. The van der Waals surface area contributed by atoms with Crippen LogP contribution >= 0.6 is 36.4 Å². The maximum atomic E-state index is 7.16. The summed E-state index contributed by atoms with van der Waals surface area (Å²) in [6.45, 7) is 1.47. The number of unbranched alkanes of at least 4 members (excludes halogenated alkanes) is 1. The molecule has 0 atom stereocenters. The summed E-state index contributed by atoms with van der Waals surface area (Å²) in [7, 11) is 0. The van der Waals surface area contributed by atoms with Gasteiger partial charge >= 0.3 is 0 Å². The van der Waals surface area contributed by atoms with Gasteiger partial charge in [-0.2, -0.15) is 0 Å². The molecule has 0 amide bonds.